The van der Waals surface area contributed by atoms with E-state index in [1.807, 2.05) is 40.3 Å². The fourth-order valence-electron chi connectivity index (χ4n) is 8.55. The van der Waals surface area contributed by atoms with Crippen molar-refractivity contribution in [2.45, 2.75) is 201 Å². The highest BCUT2D eigenvalue weighted by Crippen LogP contribution is 2.23. The van der Waals surface area contributed by atoms with Crippen molar-refractivity contribution in [1.82, 2.24) is 19.6 Å². The SMILES string of the molecule is CCCOC(=O)CCCC(O)CN(CCCC(=O)OCCN1CCN(CCSSCCCN(CC(O)CCCCC(=O)OCCC(C)C)CC(O)CCCCC(=O)OCCC(C)C)CC1)CC(O)CCCC(=O)OCCC. The molecule has 4 N–H and O–H groups in total. The van der Waals surface area contributed by atoms with Gasteiger partial charge in [-0.3, -0.25) is 43.6 Å². The van der Waals surface area contributed by atoms with Crippen LogP contribution in [0.15, 0.2) is 0 Å². The Balaban J connectivity index is 2.44. The lowest BCUT2D eigenvalue weighted by Crippen LogP contribution is -2.47. The van der Waals surface area contributed by atoms with Crippen molar-refractivity contribution in [3.8, 4) is 0 Å². The highest BCUT2D eigenvalue weighted by molar-refractivity contribution is 8.76. The van der Waals surface area contributed by atoms with Crippen molar-refractivity contribution in [2.75, 3.05) is 123 Å². The Labute approximate surface area is 472 Å². The van der Waals surface area contributed by atoms with Crippen LogP contribution in [-0.2, 0) is 47.7 Å². The molecule has 1 aliphatic heterocycles. The second-order valence-corrected chi connectivity index (χ2v) is 24.4. The Bertz CT molecular complexity index is 1420. The minimum Gasteiger partial charge on any atom is -0.466 e. The van der Waals surface area contributed by atoms with Crippen molar-refractivity contribution in [2.24, 2.45) is 11.8 Å². The van der Waals surface area contributed by atoms with Crippen LogP contribution in [0, 0.1) is 11.8 Å². The number of ether oxygens (including phenoxy) is 5. The molecule has 4 atom stereocenters. The van der Waals surface area contributed by atoms with E-state index in [4.69, 9.17) is 23.7 Å². The van der Waals surface area contributed by atoms with Crippen LogP contribution >= 0.6 is 21.6 Å². The lowest BCUT2D eigenvalue weighted by atomic mass is 10.1. The third-order valence-corrected chi connectivity index (χ3v) is 15.6. The van der Waals surface area contributed by atoms with Crippen molar-refractivity contribution in [3.63, 3.8) is 0 Å². The fourth-order valence-corrected chi connectivity index (χ4v) is 10.6. The summed E-state index contributed by atoms with van der Waals surface area (Å²) in [5.74, 6) is 1.71. The Morgan fingerprint density at radius 3 is 1.17 bits per heavy atom. The zero-order chi connectivity index (χ0) is 56.9. The van der Waals surface area contributed by atoms with Crippen molar-refractivity contribution >= 4 is 51.4 Å². The number of hydrogen-bond donors (Lipinski definition) is 4. The summed E-state index contributed by atoms with van der Waals surface area (Å²) < 4.78 is 26.5. The zero-order valence-electron chi connectivity index (χ0n) is 48.7. The highest BCUT2D eigenvalue weighted by atomic mass is 33.1. The summed E-state index contributed by atoms with van der Waals surface area (Å²) in [4.78, 5) is 69.6. The molecule has 18 nitrogen and oxygen atoms in total. The summed E-state index contributed by atoms with van der Waals surface area (Å²) in [5.41, 5.74) is 0. The molecular weight excluding hydrogens is 1030 g/mol. The first-order valence-corrected chi connectivity index (χ1v) is 32.1. The molecule has 452 valence electrons. The average Bonchev–Trinajstić information content (AvgIpc) is 3.37. The van der Waals surface area contributed by atoms with E-state index in [9.17, 15) is 44.4 Å². The second-order valence-electron chi connectivity index (χ2n) is 21.7. The van der Waals surface area contributed by atoms with Gasteiger partial charge in [0, 0.05) is 109 Å². The summed E-state index contributed by atoms with van der Waals surface area (Å²) in [6, 6.07) is 0. The molecule has 0 amide bonds. The van der Waals surface area contributed by atoms with Crippen molar-refractivity contribution < 1.29 is 68.1 Å². The van der Waals surface area contributed by atoms with E-state index >= 15 is 0 Å². The number of esters is 5. The first-order valence-electron chi connectivity index (χ1n) is 29.6. The monoisotopic (exact) mass is 1140 g/mol. The number of aliphatic hydroxyl groups excluding tert-OH is 4. The van der Waals surface area contributed by atoms with E-state index in [1.54, 1.807) is 0 Å². The van der Waals surface area contributed by atoms with Gasteiger partial charge in [0.25, 0.3) is 0 Å². The van der Waals surface area contributed by atoms with Crippen LogP contribution in [-0.4, -0.2) is 217 Å². The lowest BCUT2D eigenvalue weighted by Gasteiger charge is -2.34. The van der Waals surface area contributed by atoms with E-state index in [0.29, 0.717) is 142 Å². The van der Waals surface area contributed by atoms with Crippen molar-refractivity contribution in [1.29, 1.82) is 0 Å². The number of aliphatic hydroxyl groups is 4. The van der Waals surface area contributed by atoms with Crippen LogP contribution in [0.5, 0.6) is 0 Å². The standard InChI is InChI=1S/C57H108N4O14S2/c1-7-36-71-55(68)23-13-19-51(64)45-60(46-52(65)20-14-24-56(69)72-37-8-2)28-15-25-57(70)75-40-34-58-30-32-59(33-31-58)35-42-77-76-41-16-29-61(43-49(62)17-9-11-21-53(66)73-38-26-47(3)4)44-50(63)18-10-12-22-54(67)74-39-27-48(5)6/h47-52,62-65H,7-46H2,1-6H3. The Hall–Kier alpha value is -2.27. The first-order chi connectivity index (χ1) is 37.0. The minimum absolute atomic E-state index is 0.186. The van der Waals surface area contributed by atoms with Crippen LogP contribution in [0.25, 0.3) is 0 Å². The number of nitrogens with zero attached hydrogens (tertiary/aromatic N) is 4. The number of carbonyl (C=O) groups excluding carboxylic acids is 5. The van der Waals surface area contributed by atoms with Gasteiger partial charge in [-0.15, -0.1) is 0 Å². The van der Waals surface area contributed by atoms with Gasteiger partial charge in [-0.05, 0) is 115 Å². The fraction of sp³-hybridized carbons (Fsp3) is 0.912. The molecule has 0 radical (unpaired) electrons. The second kappa shape index (κ2) is 48.4. The Kier molecular flexibility index (Phi) is 45.8. The van der Waals surface area contributed by atoms with E-state index < -0.39 is 24.4 Å². The van der Waals surface area contributed by atoms with Crippen LogP contribution < -0.4 is 0 Å². The summed E-state index contributed by atoms with van der Waals surface area (Å²) in [6.45, 7) is 22.3. The van der Waals surface area contributed by atoms with Gasteiger partial charge in [-0.25, -0.2) is 0 Å². The van der Waals surface area contributed by atoms with Gasteiger partial charge in [0.1, 0.15) is 6.61 Å². The average molecular weight is 1140 g/mol. The molecule has 0 aromatic heterocycles. The first kappa shape index (κ1) is 72.7. The van der Waals surface area contributed by atoms with Gasteiger partial charge < -0.3 is 44.1 Å². The molecule has 0 aliphatic carbocycles. The third kappa shape index (κ3) is 45.1. The predicted octanol–water partition coefficient (Wildman–Crippen LogP) is 7.29. The molecular formula is C57H108N4O14S2. The maximum absolute atomic E-state index is 12.7. The smallest absolute Gasteiger partial charge is 0.305 e. The van der Waals surface area contributed by atoms with Gasteiger partial charge in [0.2, 0.25) is 0 Å². The lowest BCUT2D eigenvalue weighted by molar-refractivity contribution is -0.145. The molecule has 4 unspecified atom stereocenters. The van der Waals surface area contributed by atoms with Crippen molar-refractivity contribution in [3.05, 3.63) is 0 Å². The molecule has 1 saturated heterocycles. The zero-order valence-corrected chi connectivity index (χ0v) is 50.4. The molecule has 0 aromatic carbocycles. The number of piperazine rings is 1. The molecule has 1 aliphatic rings. The molecule has 20 heteroatoms. The molecule has 0 spiro atoms. The molecule has 1 fully saturated rings. The van der Waals surface area contributed by atoms with Gasteiger partial charge in [-0.2, -0.15) is 0 Å². The largest absolute Gasteiger partial charge is 0.466 e. The highest BCUT2D eigenvalue weighted by Gasteiger charge is 2.21. The van der Waals surface area contributed by atoms with Crippen LogP contribution in [0.3, 0.4) is 0 Å². The number of carbonyl (C=O) groups is 5. The number of unbranched alkanes of at least 4 members (excludes halogenated alkanes) is 2. The Morgan fingerprint density at radius 1 is 0.416 bits per heavy atom. The quantitative estimate of drug-likeness (QED) is 0.0203. The van der Waals surface area contributed by atoms with Crippen LogP contribution in [0.2, 0.25) is 0 Å². The summed E-state index contributed by atoms with van der Waals surface area (Å²) in [6.07, 6.45) is 9.14. The van der Waals surface area contributed by atoms with E-state index in [-0.39, 0.29) is 62.2 Å². The summed E-state index contributed by atoms with van der Waals surface area (Å²) in [5, 5.41) is 43.5. The summed E-state index contributed by atoms with van der Waals surface area (Å²) in [7, 11) is 3.72. The van der Waals surface area contributed by atoms with E-state index in [1.165, 1.54) is 0 Å². The Morgan fingerprint density at radius 2 is 0.753 bits per heavy atom. The normalized spacial score (nSPS) is 15.0. The molecule has 1 rings (SSSR count). The number of hydrogen-bond acceptors (Lipinski definition) is 20. The third-order valence-electron chi connectivity index (χ3n) is 13.2. The summed E-state index contributed by atoms with van der Waals surface area (Å²) >= 11 is 0. The van der Waals surface area contributed by atoms with Gasteiger partial charge in [-0.1, -0.05) is 76.0 Å². The van der Waals surface area contributed by atoms with Crippen LogP contribution in [0.4, 0.5) is 0 Å². The van der Waals surface area contributed by atoms with Crippen LogP contribution in [0.1, 0.15) is 176 Å². The van der Waals surface area contributed by atoms with Gasteiger partial charge >= 0.3 is 29.8 Å². The van der Waals surface area contributed by atoms with E-state index in [0.717, 1.165) is 95.7 Å². The van der Waals surface area contributed by atoms with E-state index in [2.05, 4.69) is 42.4 Å². The molecule has 1 heterocycles. The topological polar surface area (TPSA) is 225 Å². The maximum Gasteiger partial charge on any atom is 0.305 e. The minimum atomic E-state index is -0.718. The van der Waals surface area contributed by atoms with Gasteiger partial charge in [0.15, 0.2) is 0 Å². The maximum atomic E-state index is 12.7. The number of rotatable bonds is 51. The molecule has 0 bridgehead atoms. The predicted molar refractivity (Wildman–Crippen MR) is 307 cm³/mol. The molecule has 0 saturated carbocycles. The van der Waals surface area contributed by atoms with Gasteiger partial charge in [0.05, 0.1) is 50.8 Å². The molecule has 0 aromatic rings. The molecule has 77 heavy (non-hydrogen) atoms.